The second-order valence-corrected chi connectivity index (χ2v) is 8.63. The van der Waals surface area contributed by atoms with Crippen LogP contribution >= 0.6 is 11.8 Å². The van der Waals surface area contributed by atoms with Gasteiger partial charge in [-0.2, -0.15) is 0 Å². The normalized spacial score (nSPS) is 18.5. The van der Waals surface area contributed by atoms with Gasteiger partial charge in [-0.25, -0.2) is 4.39 Å². The number of carboxylic acid groups (broad SMARTS) is 1. The Morgan fingerprint density at radius 1 is 1.22 bits per heavy atom. The molecule has 0 bridgehead atoms. The highest BCUT2D eigenvalue weighted by molar-refractivity contribution is 7.99. The van der Waals surface area contributed by atoms with Crippen LogP contribution in [0.4, 0.5) is 4.39 Å². The van der Waals surface area contributed by atoms with E-state index in [4.69, 9.17) is 0 Å². The summed E-state index contributed by atoms with van der Waals surface area (Å²) in [6.45, 7) is 0.466. The van der Waals surface area contributed by atoms with Crippen molar-refractivity contribution in [2.45, 2.75) is 37.1 Å². The molecule has 5 heteroatoms. The van der Waals surface area contributed by atoms with E-state index in [0.717, 1.165) is 41.5 Å². The number of fused-ring (bicyclic) bond motifs is 4. The molecule has 3 aromatic rings. The minimum Gasteiger partial charge on any atom is -0.481 e. The van der Waals surface area contributed by atoms with E-state index in [2.05, 4.69) is 22.8 Å². The van der Waals surface area contributed by atoms with Gasteiger partial charge < -0.3 is 9.67 Å². The van der Waals surface area contributed by atoms with Crippen LogP contribution in [0, 0.1) is 11.7 Å². The van der Waals surface area contributed by atoms with Crippen molar-refractivity contribution >= 4 is 28.6 Å². The molecule has 0 spiro atoms. The number of hydrogen-bond donors (Lipinski definition) is 1. The highest BCUT2D eigenvalue weighted by atomic mass is 32.2. The molecule has 2 aliphatic heterocycles. The zero-order valence-electron chi connectivity index (χ0n) is 14.9. The van der Waals surface area contributed by atoms with E-state index in [1.54, 1.807) is 12.1 Å². The molecular weight excluding hydrogens is 361 g/mol. The lowest BCUT2D eigenvalue weighted by molar-refractivity contribution is -0.142. The molecule has 0 amide bonds. The number of benzene rings is 2. The van der Waals surface area contributed by atoms with Crippen molar-refractivity contribution in [3.05, 3.63) is 64.6 Å². The van der Waals surface area contributed by atoms with Crippen LogP contribution in [0.25, 0.3) is 10.9 Å². The first-order valence-electron chi connectivity index (χ1n) is 9.37. The second-order valence-electron chi connectivity index (χ2n) is 7.49. The van der Waals surface area contributed by atoms with Crippen molar-refractivity contribution in [3.63, 3.8) is 0 Å². The molecule has 5 rings (SSSR count). The minimum atomic E-state index is -0.748. The number of halogens is 1. The number of thioether (sulfide) groups is 1. The Morgan fingerprint density at radius 2 is 2.11 bits per heavy atom. The van der Waals surface area contributed by atoms with Gasteiger partial charge in [0.1, 0.15) is 5.82 Å². The van der Waals surface area contributed by atoms with E-state index in [1.807, 2.05) is 11.8 Å². The number of aryl methyl sites for hydroxylation is 1. The van der Waals surface area contributed by atoms with E-state index in [0.29, 0.717) is 13.0 Å². The maximum absolute atomic E-state index is 14.0. The standard InChI is InChI=1S/C22H20FNO2S/c23-16-3-5-20-18(11-16)17(19-4-2-15(22(25)26)12-24(19)20)10-13-1-6-21-14(9-13)7-8-27-21/h1,3,5-6,9,11,15H,2,4,7-8,10,12H2,(H,25,26). The molecule has 3 nitrogen and oxygen atoms in total. The SMILES string of the molecule is O=C(O)C1CCc2c(Cc3ccc4c(c3)CCS4)c3cc(F)ccc3n2C1. The van der Waals surface area contributed by atoms with Crippen LogP contribution in [0.15, 0.2) is 41.3 Å². The summed E-state index contributed by atoms with van der Waals surface area (Å²) in [7, 11) is 0. The molecule has 138 valence electrons. The molecule has 1 unspecified atom stereocenters. The van der Waals surface area contributed by atoms with E-state index in [1.165, 1.54) is 27.8 Å². The first kappa shape index (κ1) is 16.9. The Balaban J connectivity index is 1.61. The first-order chi connectivity index (χ1) is 13.1. The Morgan fingerprint density at radius 3 is 2.96 bits per heavy atom. The summed E-state index contributed by atoms with van der Waals surface area (Å²) in [6, 6.07) is 11.5. The van der Waals surface area contributed by atoms with Gasteiger partial charge in [0.15, 0.2) is 0 Å². The number of carboxylic acids is 1. The summed E-state index contributed by atoms with van der Waals surface area (Å²) < 4.78 is 16.1. The molecule has 0 saturated heterocycles. The van der Waals surface area contributed by atoms with E-state index < -0.39 is 5.97 Å². The third kappa shape index (κ3) is 2.85. The van der Waals surface area contributed by atoms with Gasteiger partial charge in [0.05, 0.1) is 5.92 Å². The van der Waals surface area contributed by atoms with Crippen LogP contribution in [0.1, 0.15) is 28.8 Å². The number of carbonyl (C=O) groups is 1. The highest BCUT2D eigenvalue weighted by Gasteiger charge is 2.28. The Labute approximate surface area is 161 Å². The van der Waals surface area contributed by atoms with Crippen molar-refractivity contribution < 1.29 is 14.3 Å². The molecule has 3 heterocycles. The number of nitrogens with zero attached hydrogens (tertiary/aromatic N) is 1. The van der Waals surface area contributed by atoms with Gasteiger partial charge in [-0.1, -0.05) is 12.1 Å². The van der Waals surface area contributed by atoms with Gasteiger partial charge >= 0.3 is 5.97 Å². The molecule has 1 N–H and O–H groups in total. The van der Waals surface area contributed by atoms with Gasteiger partial charge in [-0.15, -0.1) is 11.8 Å². The van der Waals surface area contributed by atoms with Crippen LogP contribution in [-0.4, -0.2) is 21.4 Å². The maximum atomic E-state index is 14.0. The number of hydrogen-bond acceptors (Lipinski definition) is 2. The molecule has 1 aromatic heterocycles. The fraction of sp³-hybridized carbons (Fsp3) is 0.318. The third-order valence-electron chi connectivity index (χ3n) is 5.87. The largest absolute Gasteiger partial charge is 0.481 e. The number of aromatic nitrogens is 1. The second kappa shape index (κ2) is 6.41. The average molecular weight is 381 g/mol. The van der Waals surface area contributed by atoms with Gasteiger partial charge in [0.25, 0.3) is 0 Å². The van der Waals surface area contributed by atoms with Crippen LogP contribution in [0.5, 0.6) is 0 Å². The quantitative estimate of drug-likeness (QED) is 0.717. The van der Waals surface area contributed by atoms with Gasteiger partial charge in [-0.3, -0.25) is 4.79 Å². The molecule has 2 aromatic carbocycles. The van der Waals surface area contributed by atoms with Crippen LogP contribution in [0.3, 0.4) is 0 Å². The molecule has 27 heavy (non-hydrogen) atoms. The van der Waals surface area contributed by atoms with Gasteiger partial charge in [-0.05, 0) is 66.6 Å². The van der Waals surface area contributed by atoms with Crippen molar-refractivity contribution in [1.82, 2.24) is 4.57 Å². The van der Waals surface area contributed by atoms with Crippen LogP contribution < -0.4 is 0 Å². The predicted octanol–water partition coefficient (Wildman–Crippen LogP) is 4.67. The molecule has 2 aliphatic rings. The average Bonchev–Trinajstić information content (AvgIpc) is 3.24. The lowest BCUT2D eigenvalue weighted by Crippen LogP contribution is -2.26. The summed E-state index contributed by atoms with van der Waals surface area (Å²) in [6.07, 6.45) is 3.24. The molecule has 0 aliphatic carbocycles. The Kier molecular flexibility index (Phi) is 4.01. The monoisotopic (exact) mass is 381 g/mol. The predicted molar refractivity (Wildman–Crippen MR) is 105 cm³/mol. The van der Waals surface area contributed by atoms with Crippen molar-refractivity contribution in [3.8, 4) is 0 Å². The topological polar surface area (TPSA) is 42.2 Å². The lowest BCUT2D eigenvalue weighted by Gasteiger charge is -2.23. The Hall–Kier alpha value is -2.27. The zero-order chi connectivity index (χ0) is 18.5. The zero-order valence-corrected chi connectivity index (χ0v) is 15.7. The van der Waals surface area contributed by atoms with Crippen molar-refractivity contribution in [1.29, 1.82) is 0 Å². The summed E-state index contributed by atoms with van der Waals surface area (Å²) >= 11 is 1.91. The summed E-state index contributed by atoms with van der Waals surface area (Å²) in [5, 5.41) is 10.4. The molecule has 0 saturated carbocycles. The third-order valence-corrected chi connectivity index (χ3v) is 6.98. The lowest BCUT2D eigenvalue weighted by atomic mass is 9.94. The maximum Gasteiger partial charge on any atom is 0.308 e. The van der Waals surface area contributed by atoms with Gasteiger partial charge in [0, 0.05) is 33.8 Å². The molecule has 0 radical (unpaired) electrons. The van der Waals surface area contributed by atoms with Gasteiger partial charge in [0.2, 0.25) is 0 Å². The van der Waals surface area contributed by atoms with E-state index in [9.17, 15) is 14.3 Å². The summed E-state index contributed by atoms with van der Waals surface area (Å²) in [4.78, 5) is 12.9. The Bertz CT molecular complexity index is 1070. The minimum absolute atomic E-state index is 0.244. The molecule has 0 fully saturated rings. The van der Waals surface area contributed by atoms with Crippen molar-refractivity contribution in [2.24, 2.45) is 5.92 Å². The highest BCUT2D eigenvalue weighted by Crippen LogP contribution is 2.36. The van der Waals surface area contributed by atoms with Crippen LogP contribution in [0.2, 0.25) is 0 Å². The first-order valence-corrected chi connectivity index (χ1v) is 10.4. The smallest absolute Gasteiger partial charge is 0.308 e. The van der Waals surface area contributed by atoms with E-state index in [-0.39, 0.29) is 11.7 Å². The fourth-order valence-electron chi connectivity index (χ4n) is 4.52. The summed E-state index contributed by atoms with van der Waals surface area (Å²) in [5.41, 5.74) is 5.93. The molecular formula is C22H20FNO2S. The van der Waals surface area contributed by atoms with Crippen molar-refractivity contribution in [2.75, 3.05) is 5.75 Å². The number of rotatable bonds is 3. The number of aliphatic carboxylic acids is 1. The van der Waals surface area contributed by atoms with Crippen LogP contribution in [-0.2, 0) is 30.6 Å². The summed E-state index contributed by atoms with van der Waals surface area (Å²) in [5.74, 6) is -0.220. The molecule has 1 atom stereocenters. The fourth-order valence-corrected chi connectivity index (χ4v) is 5.57. The van der Waals surface area contributed by atoms with E-state index >= 15 is 0 Å².